The molecule has 104 valence electrons. The van der Waals surface area contributed by atoms with Gasteiger partial charge in [-0.1, -0.05) is 12.2 Å². The molecule has 0 bridgehead atoms. The Hall–Kier alpha value is -0.830. The summed E-state index contributed by atoms with van der Waals surface area (Å²) in [6, 6.07) is 5.54. The monoisotopic (exact) mass is 436 g/mol. The Labute approximate surface area is 140 Å². The van der Waals surface area contributed by atoms with Crippen molar-refractivity contribution in [1.29, 1.82) is 0 Å². The third-order valence-corrected chi connectivity index (χ3v) is 5.84. The van der Waals surface area contributed by atoms with Crippen LogP contribution >= 0.6 is 55.4 Å². The van der Waals surface area contributed by atoms with Gasteiger partial charge < -0.3 is 11.1 Å². The minimum atomic E-state index is -0.465. The summed E-state index contributed by atoms with van der Waals surface area (Å²) in [4.78, 5) is 12.6. The zero-order chi connectivity index (χ0) is 14.9. The normalized spacial score (nSPS) is 10.3. The number of carbonyl (C=O) groups is 1. The maximum Gasteiger partial charge on any atom is 0.265 e. The first-order valence-electron chi connectivity index (χ1n) is 5.24. The Balaban J connectivity index is 2.30. The van der Waals surface area contributed by atoms with Crippen LogP contribution in [0.4, 0.5) is 10.1 Å². The number of nitrogens with two attached hydrogens (primary N) is 1. The van der Waals surface area contributed by atoms with Gasteiger partial charge in [-0.15, -0.1) is 11.3 Å². The first kappa shape index (κ1) is 15.6. The number of thiophene rings is 1. The van der Waals surface area contributed by atoms with Gasteiger partial charge in [0.25, 0.3) is 5.91 Å². The summed E-state index contributed by atoms with van der Waals surface area (Å²) in [7, 11) is 0. The van der Waals surface area contributed by atoms with E-state index in [1.54, 1.807) is 6.07 Å². The Morgan fingerprint density at radius 3 is 2.60 bits per heavy atom. The van der Waals surface area contributed by atoms with E-state index >= 15 is 0 Å². The van der Waals surface area contributed by atoms with Crippen LogP contribution in [0.15, 0.2) is 32.5 Å². The lowest BCUT2D eigenvalue weighted by Gasteiger charge is -2.09. The van der Waals surface area contributed by atoms with Crippen molar-refractivity contribution in [2.24, 2.45) is 5.73 Å². The van der Waals surface area contributed by atoms with Gasteiger partial charge in [-0.25, -0.2) is 4.39 Å². The molecule has 0 fully saturated rings. The van der Waals surface area contributed by atoms with E-state index in [0.717, 1.165) is 8.26 Å². The van der Waals surface area contributed by atoms with E-state index < -0.39 is 5.82 Å². The van der Waals surface area contributed by atoms with Crippen molar-refractivity contribution in [3.63, 3.8) is 0 Å². The molecule has 0 saturated carbocycles. The molecule has 3 nitrogen and oxygen atoms in total. The summed E-state index contributed by atoms with van der Waals surface area (Å²) in [5.41, 5.74) is 6.20. The van der Waals surface area contributed by atoms with Crippen LogP contribution in [0.25, 0.3) is 0 Å². The zero-order valence-electron chi connectivity index (χ0n) is 9.75. The van der Waals surface area contributed by atoms with Gasteiger partial charge in [-0.05, 0) is 56.1 Å². The standard InChI is InChI=1S/C12H7Br2FN2OS2/c13-7-4-9(20-10(7)14)12(18)17-8-2-1-5(15)3-6(8)11(16)19/h1-4H,(H2,16,19)(H,17,18). The van der Waals surface area contributed by atoms with Crippen molar-refractivity contribution in [3.8, 4) is 0 Å². The second kappa shape index (κ2) is 6.30. The number of nitrogens with one attached hydrogen (secondary N) is 1. The number of hydrogen-bond acceptors (Lipinski definition) is 3. The van der Waals surface area contributed by atoms with Crippen LogP contribution in [-0.4, -0.2) is 10.9 Å². The average molecular weight is 438 g/mol. The number of amides is 1. The van der Waals surface area contributed by atoms with Crippen LogP contribution < -0.4 is 11.1 Å². The highest BCUT2D eigenvalue weighted by Gasteiger charge is 2.15. The number of anilines is 1. The van der Waals surface area contributed by atoms with Crippen molar-refractivity contribution in [2.45, 2.75) is 0 Å². The van der Waals surface area contributed by atoms with Gasteiger partial charge >= 0.3 is 0 Å². The first-order valence-corrected chi connectivity index (χ1v) is 8.05. The lowest BCUT2D eigenvalue weighted by Crippen LogP contribution is -2.17. The van der Waals surface area contributed by atoms with Crippen LogP contribution in [-0.2, 0) is 0 Å². The smallest absolute Gasteiger partial charge is 0.265 e. The van der Waals surface area contributed by atoms with Crippen LogP contribution in [0.2, 0.25) is 0 Å². The van der Waals surface area contributed by atoms with Crippen LogP contribution in [0.5, 0.6) is 0 Å². The molecule has 2 aromatic rings. The highest BCUT2D eigenvalue weighted by atomic mass is 79.9. The van der Waals surface area contributed by atoms with Crippen molar-refractivity contribution in [1.82, 2.24) is 0 Å². The number of carbonyl (C=O) groups excluding carboxylic acids is 1. The van der Waals surface area contributed by atoms with E-state index in [1.165, 1.54) is 29.5 Å². The molecular weight excluding hydrogens is 431 g/mol. The Kier molecular flexibility index (Phi) is 4.90. The third kappa shape index (κ3) is 3.43. The predicted octanol–water partition coefficient (Wildman–Crippen LogP) is 4.30. The molecule has 20 heavy (non-hydrogen) atoms. The molecule has 0 unspecified atom stereocenters. The van der Waals surface area contributed by atoms with E-state index in [1.807, 2.05) is 0 Å². The van der Waals surface area contributed by atoms with E-state index in [4.69, 9.17) is 18.0 Å². The fourth-order valence-electron chi connectivity index (χ4n) is 1.47. The van der Waals surface area contributed by atoms with E-state index in [2.05, 4.69) is 37.2 Å². The van der Waals surface area contributed by atoms with Gasteiger partial charge in [0.1, 0.15) is 10.8 Å². The highest BCUT2D eigenvalue weighted by molar-refractivity contribution is 9.13. The summed E-state index contributed by atoms with van der Waals surface area (Å²) >= 11 is 12.8. The molecule has 0 aliphatic heterocycles. The number of benzene rings is 1. The molecule has 8 heteroatoms. The molecule has 1 amide bonds. The quantitative estimate of drug-likeness (QED) is 0.704. The molecule has 0 saturated heterocycles. The van der Waals surface area contributed by atoms with Gasteiger partial charge in [-0.2, -0.15) is 0 Å². The lowest BCUT2D eigenvalue weighted by molar-refractivity contribution is 0.103. The minimum absolute atomic E-state index is 0.0216. The van der Waals surface area contributed by atoms with Crippen molar-refractivity contribution in [3.05, 3.63) is 48.8 Å². The van der Waals surface area contributed by atoms with Gasteiger partial charge in [0, 0.05) is 10.0 Å². The van der Waals surface area contributed by atoms with Crippen molar-refractivity contribution in [2.75, 3.05) is 5.32 Å². The molecule has 0 spiro atoms. The zero-order valence-corrected chi connectivity index (χ0v) is 14.6. The third-order valence-electron chi connectivity index (χ3n) is 2.36. The Morgan fingerprint density at radius 2 is 2.05 bits per heavy atom. The average Bonchev–Trinajstić information content (AvgIpc) is 2.71. The van der Waals surface area contributed by atoms with E-state index in [-0.39, 0.29) is 10.9 Å². The van der Waals surface area contributed by atoms with Crippen molar-refractivity contribution < 1.29 is 9.18 Å². The van der Waals surface area contributed by atoms with Crippen molar-refractivity contribution >= 4 is 72.0 Å². The van der Waals surface area contributed by atoms with Gasteiger partial charge in [0.2, 0.25) is 0 Å². The summed E-state index contributed by atoms with van der Waals surface area (Å²) in [6.07, 6.45) is 0. The van der Waals surface area contributed by atoms with Crippen LogP contribution in [0, 0.1) is 5.82 Å². The largest absolute Gasteiger partial charge is 0.389 e. The van der Waals surface area contributed by atoms with Gasteiger partial charge in [-0.3, -0.25) is 4.79 Å². The summed E-state index contributed by atoms with van der Waals surface area (Å²) < 4.78 is 14.8. The molecule has 2 rings (SSSR count). The van der Waals surface area contributed by atoms with E-state index in [0.29, 0.717) is 16.1 Å². The molecule has 1 aromatic heterocycles. The molecule has 1 heterocycles. The van der Waals surface area contributed by atoms with E-state index in [9.17, 15) is 9.18 Å². The molecule has 0 atom stereocenters. The second-order valence-corrected chi connectivity index (χ2v) is 7.40. The SMILES string of the molecule is NC(=S)c1cc(F)ccc1NC(=O)c1cc(Br)c(Br)s1. The Bertz CT molecular complexity index is 683. The fourth-order valence-corrected chi connectivity index (χ4v) is 3.57. The molecule has 3 N–H and O–H groups in total. The number of thiocarbonyl (C=S) groups is 1. The molecule has 0 radical (unpaired) electrons. The topological polar surface area (TPSA) is 55.1 Å². The lowest BCUT2D eigenvalue weighted by atomic mass is 10.1. The van der Waals surface area contributed by atoms with Gasteiger partial charge in [0.05, 0.1) is 14.4 Å². The van der Waals surface area contributed by atoms with Crippen LogP contribution in [0.1, 0.15) is 15.2 Å². The summed E-state index contributed by atoms with van der Waals surface area (Å²) in [6.45, 7) is 0. The number of rotatable bonds is 3. The molecular formula is C12H7Br2FN2OS2. The fraction of sp³-hybridized carbons (Fsp3) is 0. The number of hydrogen-bond donors (Lipinski definition) is 2. The molecule has 1 aromatic carbocycles. The summed E-state index contributed by atoms with van der Waals surface area (Å²) in [5, 5.41) is 2.67. The predicted molar refractivity (Wildman–Crippen MR) is 90.0 cm³/mol. The van der Waals surface area contributed by atoms with Crippen LogP contribution in [0.3, 0.4) is 0 Å². The second-order valence-electron chi connectivity index (χ2n) is 3.74. The maximum atomic E-state index is 13.2. The summed E-state index contributed by atoms with van der Waals surface area (Å²) in [5.74, 6) is -0.780. The van der Waals surface area contributed by atoms with Gasteiger partial charge in [0.15, 0.2) is 0 Å². The molecule has 0 aliphatic rings. The minimum Gasteiger partial charge on any atom is -0.389 e. The first-order chi connectivity index (χ1) is 9.38. The molecule has 0 aliphatic carbocycles. The number of halogens is 3. The highest BCUT2D eigenvalue weighted by Crippen LogP contribution is 2.32. The maximum absolute atomic E-state index is 13.2. The Morgan fingerprint density at radius 1 is 1.35 bits per heavy atom.